The normalized spacial score (nSPS) is 23.0. The van der Waals surface area contributed by atoms with Crippen LogP contribution in [0.2, 0.25) is 0 Å². The molecule has 0 amide bonds. The van der Waals surface area contributed by atoms with Gasteiger partial charge in [-0.1, -0.05) is 24.3 Å². The van der Waals surface area contributed by atoms with Crippen molar-refractivity contribution in [1.29, 1.82) is 0 Å². The van der Waals surface area contributed by atoms with E-state index in [2.05, 4.69) is 45.4 Å². The Kier molecular flexibility index (Phi) is 6.41. The first-order valence-electron chi connectivity index (χ1n) is 11.5. The van der Waals surface area contributed by atoms with E-state index >= 15 is 0 Å². The average molecular weight is 515 g/mol. The number of hydrogen-bond donors (Lipinski definition) is 2. The van der Waals surface area contributed by atoms with Crippen molar-refractivity contribution in [2.45, 2.75) is 17.6 Å². The number of nitrogens with zero attached hydrogens (tertiary/aromatic N) is 4. The number of non-ortho nitro benzene ring substituents is 1. The Balaban J connectivity index is 0.000000176. The molecule has 36 heavy (non-hydrogen) atoms. The summed E-state index contributed by atoms with van der Waals surface area (Å²) < 4.78 is 36.1. The van der Waals surface area contributed by atoms with E-state index in [0.717, 1.165) is 56.4 Å². The lowest BCUT2D eigenvalue weighted by atomic mass is 10.0. The number of methoxy groups -OCH3 is 1. The summed E-state index contributed by atoms with van der Waals surface area (Å²) in [7, 11) is -2.53. The smallest absolute Gasteiger partial charge is 0.294 e. The molecule has 6 rings (SSSR count). The summed E-state index contributed by atoms with van der Waals surface area (Å²) in [5.41, 5.74) is 1.20. The first-order chi connectivity index (χ1) is 17.2. The zero-order chi connectivity index (χ0) is 25.5. The fourth-order valence-electron chi connectivity index (χ4n) is 5.35. The van der Waals surface area contributed by atoms with Gasteiger partial charge >= 0.3 is 0 Å². The van der Waals surface area contributed by atoms with Crippen molar-refractivity contribution < 1.29 is 27.1 Å². The van der Waals surface area contributed by atoms with Gasteiger partial charge in [0.15, 0.2) is 0 Å². The molecule has 11 nitrogen and oxygen atoms in total. The van der Waals surface area contributed by atoms with Gasteiger partial charge in [0.2, 0.25) is 6.29 Å². The lowest BCUT2D eigenvalue weighted by molar-refractivity contribution is -1.06. The van der Waals surface area contributed by atoms with E-state index in [0.29, 0.717) is 6.29 Å². The molecule has 0 saturated carbocycles. The van der Waals surface area contributed by atoms with Crippen LogP contribution in [0, 0.1) is 10.1 Å². The summed E-state index contributed by atoms with van der Waals surface area (Å²) in [6, 6.07) is 17.0. The molecule has 3 aromatic carbocycles. The summed E-state index contributed by atoms with van der Waals surface area (Å²) >= 11 is 0. The number of hydrogen-bond acceptors (Lipinski definition) is 8. The third-order valence-corrected chi connectivity index (χ3v) is 7.93. The highest BCUT2D eigenvalue weighted by Gasteiger charge is 2.63. The number of nitrogens with one attached hydrogen (secondary N) is 1. The van der Waals surface area contributed by atoms with Crippen LogP contribution in [0.25, 0.3) is 10.8 Å². The molecule has 0 spiro atoms. The van der Waals surface area contributed by atoms with Crippen LogP contribution in [0.4, 0.5) is 5.69 Å². The number of ether oxygens (including phenoxy) is 1. The second-order valence-electron chi connectivity index (χ2n) is 9.30. The summed E-state index contributed by atoms with van der Waals surface area (Å²) in [4.78, 5) is 14.3. The maximum atomic E-state index is 10.5. The molecular formula is C24H28N5O6S+. The molecule has 12 heteroatoms. The van der Waals surface area contributed by atoms with Crippen LogP contribution in [0.3, 0.4) is 0 Å². The fourth-order valence-corrected chi connectivity index (χ4v) is 5.83. The maximum Gasteiger partial charge on any atom is 0.294 e. The van der Waals surface area contributed by atoms with Crippen LogP contribution >= 0.6 is 0 Å². The highest BCUT2D eigenvalue weighted by molar-refractivity contribution is 7.85. The molecule has 3 saturated heterocycles. The maximum absolute atomic E-state index is 10.5. The van der Waals surface area contributed by atoms with Crippen LogP contribution in [0.5, 0.6) is 5.75 Å². The summed E-state index contributed by atoms with van der Waals surface area (Å²) in [6.07, 6.45) is 1.76. The van der Waals surface area contributed by atoms with E-state index in [1.807, 2.05) is 6.07 Å². The largest absolute Gasteiger partial charge is 0.497 e. The van der Waals surface area contributed by atoms with Crippen LogP contribution < -0.4 is 10.1 Å². The lowest BCUT2D eigenvalue weighted by Crippen LogP contribution is -2.93. The number of nitro groups is 1. The molecule has 2 N–H and O–H groups in total. The van der Waals surface area contributed by atoms with Gasteiger partial charge in [0.1, 0.15) is 19.1 Å². The van der Waals surface area contributed by atoms with E-state index < -0.39 is 15.0 Å². The number of quaternary nitrogens is 1. The Bertz CT molecular complexity index is 1390. The summed E-state index contributed by atoms with van der Waals surface area (Å²) in [5.74, 6) is 0.942. The Morgan fingerprint density at radius 3 is 2.61 bits per heavy atom. The number of rotatable bonds is 6. The molecule has 0 bridgehead atoms. The minimum atomic E-state index is -4.27. The van der Waals surface area contributed by atoms with E-state index in [-0.39, 0.29) is 10.6 Å². The molecule has 3 aliphatic rings. The molecule has 0 radical (unpaired) electrons. The third kappa shape index (κ3) is 4.54. The molecule has 3 aromatic rings. The van der Waals surface area contributed by atoms with Crippen LogP contribution in [0.1, 0.15) is 5.56 Å². The molecule has 3 heterocycles. The van der Waals surface area contributed by atoms with E-state index in [1.54, 1.807) is 7.11 Å². The van der Waals surface area contributed by atoms with Gasteiger partial charge in [-0.15, -0.1) is 0 Å². The Morgan fingerprint density at radius 2 is 1.94 bits per heavy atom. The first-order valence-corrected chi connectivity index (χ1v) is 13.0. The molecule has 0 aromatic heterocycles. The van der Waals surface area contributed by atoms with E-state index in [9.17, 15) is 18.5 Å². The van der Waals surface area contributed by atoms with E-state index in [4.69, 9.17) is 9.29 Å². The van der Waals surface area contributed by atoms with Crippen molar-refractivity contribution in [1.82, 2.24) is 15.1 Å². The molecule has 2 unspecified atom stereocenters. The molecule has 190 valence electrons. The highest BCUT2D eigenvalue weighted by atomic mass is 32.2. The van der Waals surface area contributed by atoms with Crippen LogP contribution in [-0.2, 0) is 16.5 Å². The summed E-state index contributed by atoms with van der Waals surface area (Å²) in [6.45, 7) is 5.69. The number of nitro benzene ring substituents is 1. The molecule has 3 aliphatic heterocycles. The van der Waals surface area contributed by atoms with Crippen LogP contribution in [-0.4, -0.2) is 78.8 Å². The lowest BCUT2D eigenvalue weighted by Gasteiger charge is -2.70. The third-order valence-electron chi connectivity index (χ3n) is 7.06. The zero-order valence-electron chi connectivity index (χ0n) is 19.8. The number of benzene rings is 3. The van der Waals surface area contributed by atoms with Crippen molar-refractivity contribution in [2.75, 3.05) is 40.3 Å². The van der Waals surface area contributed by atoms with Crippen LogP contribution in [0.15, 0.2) is 65.6 Å². The van der Waals surface area contributed by atoms with Gasteiger partial charge in [0.25, 0.3) is 15.8 Å². The second kappa shape index (κ2) is 9.39. The van der Waals surface area contributed by atoms with Gasteiger partial charge in [-0.05, 0) is 40.6 Å². The molecule has 3 fully saturated rings. The van der Waals surface area contributed by atoms with Gasteiger partial charge in [-0.3, -0.25) is 24.5 Å². The van der Waals surface area contributed by atoms with Crippen molar-refractivity contribution >= 4 is 26.6 Å². The van der Waals surface area contributed by atoms with Crippen molar-refractivity contribution in [3.05, 3.63) is 76.3 Å². The van der Waals surface area contributed by atoms with Gasteiger partial charge in [-0.25, -0.2) is 4.90 Å². The molecule has 2 atom stereocenters. The van der Waals surface area contributed by atoms with Gasteiger partial charge in [0, 0.05) is 18.6 Å². The van der Waals surface area contributed by atoms with Crippen molar-refractivity contribution in [2.24, 2.45) is 0 Å². The minimum Gasteiger partial charge on any atom is -0.497 e. The quantitative estimate of drug-likeness (QED) is 0.221. The summed E-state index contributed by atoms with van der Waals surface area (Å²) in [5, 5.41) is 16.4. The predicted octanol–water partition coefficient (Wildman–Crippen LogP) is 2.40. The number of fused-ring (bicyclic) bond motifs is 1. The molecule has 0 aliphatic carbocycles. The Hall–Kier alpha value is -3.13. The highest BCUT2D eigenvalue weighted by Crippen LogP contribution is 2.40. The van der Waals surface area contributed by atoms with Gasteiger partial charge in [0.05, 0.1) is 36.8 Å². The standard InChI is InChI=1S/C18H23N4O.C6H5NO5S/c1-23-16-6-5-14-3-2-4-15(17(14)9-16)7-8-22-11-19-10-20-12-21(13-22)18(20)22;8-7(9)5-1-3-6(4-2-5)13(10,11)12/h2-6,9,18-19H,7-8,10-13H2,1H3;1-4H,(H,10,11,12)/q+1;. The van der Waals surface area contributed by atoms with Gasteiger partial charge < -0.3 is 4.74 Å². The monoisotopic (exact) mass is 514 g/mol. The fraction of sp³-hybridized carbons (Fsp3) is 0.333. The minimum absolute atomic E-state index is 0.229. The van der Waals surface area contributed by atoms with Crippen molar-refractivity contribution in [3.63, 3.8) is 0 Å². The second-order valence-corrected chi connectivity index (χ2v) is 10.7. The predicted molar refractivity (Wildman–Crippen MR) is 132 cm³/mol. The van der Waals surface area contributed by atoms with Crippen molar-refractivity contribution in [3.8, 4) is 5.75 Å². The molecular weight excluding hydrogens is 486 g/mol. The average Bonchev–Trinajstić information content (AvgIpc) is 2.83. The van der Waals surface area contributed by atoms with E-state index in [1.165, 1.54) is 34.0 Å². The first kappa shape index (κ1) is 24.6. The van der Waals surface area contributed by atoms with Gasteiger partial charge in [-0.2, -0.15) is 13.3 Å². The topological polar surface area (TPSA) is 125 Å². The Morgan fingerprint density at radius 1 is 1.17 bits per heavy atom. The Labute approximate surface area is 209 Å². The zero-order valence-corrected chi connectivity index (χ0v) is 20.6. The SMILES string of the molecule is COc1ccc2cccc(CC[N+]34CNCN5CN(C3)C54)c2c1.O=[N+]([O-])c1ccc(S(=O)(=O)O)cc1.